The van der Waals surface area contributed by atoms with Gasteiger partial charge in [0.05, 0.1) is 17.6 Å². The van der Waals surface area contributed by atoms with Gasteiger partial charge in [0.1, 0.15) is 6.54 Å². The van der Waals surface area contributed by atoms with Crippen molar-refractivity contribution in [3.8, 4) is 0 Å². The molecule has 1 N–H and O–H groups in total. The molecule has 0 unspecified atom stereocenters. The van der Waals surface area contributed by atoms with Gasteiger partial charge in [-0.1, -0.05) is 11.6 Å². The molecule has 7 nitrogen and oxygen atoms in total. The number of aliphatic carboxylic acids is 1. The average Bonchev–Trinajstić information content (AvgIpc) is 2.42. The van der Waals surface area contributed by atoms with Crippen LogP contribution >= 0.6 is 11.6 Å². The monoisotopic (exact) mass is 349 g/mol. The molecular weight excluding hydrogens is 334 g/mol. The van der Waals surface area contributed by atoms with E-state index in [1.807, 2.05) is 0 Å². The number of benzene rings is 1. The van der Waals surface area contributed by atoms with Crippen LogP contribution in [0.15, 0.2) is 23.1 Å². The van der Waals surface area contributed by atoms with E-state index in [2.05, 4.69) is 4.74 Å². The highest BCUT2D eigenvalue weighted by Crippen LogP contribution is 2.25. The van der Waals surface area contributed by atoms with Crippen molar-refractivity contribution in [2.24, 2.45) is 0 Å². The third kappa shape index (κ3) is 3.96. The van der Waals surface area contributed by atoms with Gasteiger partial charge in [-0.15, -0.1) is 0 Å². The van der Waals surface area contributed by atoms with Gasteiger partial charge in [-0.05, 0) is 32.0 Å². The maximum atomic E-state index is 12.7. The molecular formula is C13H16ClNO6S. The molecule has 0 aliphatic carbocycles. The van der Waals surface area contributed by atoms with Crippen molar-refractivity contribution in [1.29, 1.82) is 0 Å². The lowest BCUT2D eigenvalue weighted by molar-refractivity contribution is -0.137. The van der Waals surface area contributed by atoms with E-state index in [9.17, 15) is 18.0 Å². The number of carboxylic acid groups (broad SMARTS) is 1. The minimum absolute atomic E-state index is 0.161. The van der Waals surface area contributed by atoms with E-state index < -0.39 is 34.5 Å². The van der Waals surface area contributed by atoms with E-state index >= 15 is 0 Å². The lowest BCUT2D eigenvalue weighted by Crippen LogP contribution is -2.41. The SMILES string of the molecule is COC(=O)c1cc(Cl)ccc1S(=O)(=O)N(CC(=O)O)C(C)C. The van der Waals surface area contributed by atoms with Crippen molar-refractivity contribution in [2.75, 3.05) is 13.7 Å². The van der Waals surface area contributed by atoms with Crippen molar-refractivity contribution < 1.29 is 27.9 Å². The largest absolute Gasteiger partial charge is 0.480 e. The Bertz CT molecular complexity index is 686. The Balaban J connectivity index is 3.50. The third-order valence-corrected chi connectivity index (χ3v) is 5.12. The number of rotatable bonds is 6. The van der Waals surface area contributed by atoms with E-state index in [0.717, 1.165) is 17.5 Å². The van der Waals surface area contributed by atoms with Gasteiger partial charge >= 0.3 is 11.9 Å². The first kappa shape index (κ1) is 18.4. The highest BCUT2D eigenvalue weighted by Gasteiger charge is 2.32. The Morgan fingerprint density at radius 1 is 1.36 bits per heavy atom. The molecule has 0 fully saturated rings. The van der Waals surface area contributed by atoms with Gasteiger partial charge < -0.3 is 9.84 Å². The fraction of sp³-hybridized carbons (Fsp3) is 0.385. The van der Waals surface area contributed by atoms with Gasteiger partial charge in [0.25, 0.3) is 0 Å². The fourth-order valence-corrected chi connectivity index (χ4v) is 3.72. The number of carboxylic acids is 1. The van der Waals surface area contributed by atoms with E-state index in [1.165, 1.54) is 26.0 Å². The standard InChI is InChI=1S/C13H16ClNO6S/c1-8(2)15(7-12(16)17)22(19,20)11-5-4-9(14)6-10(11)13(18)21-3/h4-6,8H,7H2,1-3H3,(H,16,17). The summed E-state index contributed by atoms with van der Waals surface area (Å²) in [4.78, 5) is 22.3. The van der Waals surface area contributed by atoms with Crippen LogP contribution in [0.25, 0.3) is 0 Å². The second kappa shape index (κ2) is 7.08. The number of hydrogen-bond donors (Lipinski definition) is 1. The van der Waals surface area contributed by atoms with E-state index in [0.29, 0.717) is 0 Å². The molecule has 0 bridgehead atoms. The summed E-state index contributed by atoms with van der Waals surface area (Å²) >= 11 is 5.78. The van der Waals surface area contributed by atoms with Crippen molar-refractivity contribution in [3.05, 3.63) is 28.8 Å². The molecule has 0 saturated heterocycles. The number of carbonyl (C=O) groups excluding carboxylic acids is 1. The molecule has 9 heteroatoms. The Kier molecular flexibility index (Phi) is 5.92. The van der Waals surface area contributed by atoms with Gasteiger partial charge in [-0.2, -0.15) is 4.31 Å². The summed E-state index contributed by atoms with van der Waals surface area (Å²) in [7, 11) is -3.10. The van der Waals surface area contributed by atoms with Gasteiger partial charge in [-0.25, -0.2) is 13.2 Å². The first-order chi connectivity index (χ1) is 10.1. The van der Waals surface area contributed by atoms with E-state index in [1.54, 1.807) is 0 Å². The van der Waals surface area contributed by atoms with Crippen LogP contribution in [0.4, 0.5) is 0 Å². The molecule has 0 atom stereocenters. The van der Waals surface area contributed by atoms with E-state index in [4.69, 9.17) is 16.7 Å². The number of nitrogens with zero attached hydrogens (tertiary/aromatic N) is 1. The van der Waals surface area contributed by atoms with Crippen LogP contribution in [0.3, 0.4) is 0 Å². The smallest absolute Gasteiger partial charge is 0.339 e. The minimum atomic E-state index is -4.20. The van der Waals surface area contributed by atoms with Gasteiger partial charge in [0.2, 0.25) is 10.0 Å². The van der Waals surface area contributed by atoms with Crippen LogP contribution in [0.5, 0.6) is 0 Å². The van der Waals surface area contributed by atoms with Crippen LogP contribution in [0.2, 0.25) is 5.02 Å². The number of methoxy groups -OCH3 is 1. The number of carbonyl (C=O) groups is 2. The molecule has 1 rings (SSSR count). The van der Waals surface area contributed by atoms with Crippen LogP contribution in [0.1, 0.15) is 24.2 Å². The summed E-state index contributed by atoms with van der Waals surface area (Å²) in [6.45, 7) is 2.35. The normalized spacial score (nSPS) is 11.7. The summed E-state index contributed by atoms with van der Waals surface area (Å²) in [5.74, 6) is -2.18. The maximum absolute atomic E-state index is 12.7. The quantitative estimate of drug-likeness (QED) is 0.783. The molecule has 1 aromatic rings. The van der Waals surface area contributed by atoms with Crippen LogP contribution in [0, 0.1) is 0 Å². The summed E-state index contributed by atoms with van der Waals surface area (Å²) < 4.78 is 30.7. The van der Waals surface area contributed by atoms with Crippen LogP contribution in [-0.2, 0) is 19.6 Å². The first-order valence-electron chi connectivity index (χ1n) is 6.22. The second-order valence-electron chi connectivity index (χ2n) is 4.67. The van der Waals surface area contributed by atoms with Crippen molar-refractivity contribution in [3.63, 3.8) is 0 Å². The topological polar surface area (TPSA) is 101 Å². The number of hydrogen-bond acceptors (Lipinski definition) is 5. The van der Waals surface area contributed by atoms with Gasteiger partial charge in [0, 0.05) is 11.1 Å². The summed E-state index contributed by atoms with van der Waals surface area (Å²) in [6, 6.07) is 3.02. The fourth-order valence-electron chi connectivity index (χ4n) is 1.80. The molecule has 0 heterocycles. The zero-order valence-electron chi connectivity index (χ0n) is 12.2. The number of halogens is 1. The Hall–Kier alpha value is -1.64. The zero-order chi connectivity index (χ0) is 17.1. The Labute approximate surface area is 133 Å². The zero-order valence-corrected chi connectivity index (χ0v) is 13.8. The molecule has 122 valence electrons. The molecule has 1 aromatic carbocycles. The van der Waals surface area contributed by atoms with E-state index in [-0.39, 0.29) is 15.5 Å². The molecule has 0 radical (unpaired) electrons. The van der Waals surface area contributed by atoms with Gasteiger partial charge in [0.15, 0.2) is 0 Å². The predicted molar refractivity (Wildman–Crippen MR) is 79.5 cm³/mol. The Morgan fingerprint density at radius 3 is 2.41 bits per heavy atom. The summed E-state index contributed by atoms with van der Waals surface area (Å²) in [6.07, 6.45) is 0. The van der Waals surface area contributed by atoms with Crippen molar-refractivity contribution >= 4 is 33.6 Å². The highest BCUT2D eigenvalue weighted by atomic mass is 35.5. The summed E-state index contributed by atoms with van der Waals surface area (Å²) in [5.41, 5.74) is -0.244. The lowest BCUT2D eigenvalue weighted by Gasteiger charge is -2.25. The highest BCUT2D eigenvalue weighted by molar-refractivity contribution is 7.89. The molecule has 0 aliphatic heterocycles. The molecule has 0 aromatic heterocycles. The average molecular weight is 350 g/mol. The molecule has 0 spiro atoms. The lowest BCUT2D eigenvalue weighted by atomic mass is 10.2. The minimum Gasteiger partial charge on any atom is -0.480 e. The summed E-state index contributed by atoms with van der Waals surface area (Å²) in [5, 5.41) is 9.05. The van der Waals surface area contributed by atoms with Crippen LogP contribution < -0.4 is 0 Å². The van der Waals surface area contributed by atoms with Crippen molar-refractivity contribution in [1.82, 2.24) is 4.31 Å². The first-order valence-corrected chi connectivity index (χ1v) is 8.04. The Morgan fingerprint density at radius 2 is 1.95 bits per heavy atom. The van der Waals surface area contributed by atoms with Crippen molar-refractivity contribution in [2.45, 2.75) is 24.8 Å². The molecule has 22 heavy (non-hydrogen) atoms. The molecule has 0 aliphatic rings. The number of esters is 1. The maximum Gasteiger partial charge on any atom is 0.339 e. The second-order valence-corrected chi connectivity index (χ2v) is 6.97. The third-order valence-electron chi connectivity index (χ3n) is 2.80. The van der Waals surface area contributed by atoms with Gasteiger partial charge in [-0.3, -0.25) is 4.79 Å². The van der Waals surface area contributed by atoms with Crippen LogP contribution in [-0.4, -0.2) is 49.5 Å². The molecule has 0 amide bonds. The number of sulfonamides is 1. The number of ether oxygens (including phenoxy) is 1. The predicted octanol–water partition coefficient (Wildman–Crippen LogP) is 1.61. The molecule has 0 saturated carbocycles.